The molecule has 220 valence electrons. The molecule has 2 aromatic rings. The third-order valence-corrected chi connectivity index (χ3v) is 10.3. The number of aromatic nitrogens is 4. The predicted octanol–water partition coefficient (Wildman–Crippen LogP) is 5.41. The van der Waals surface area contributed by atoms with Crippen LogP contribution in [0.1, 0.15) is 96.2 Å². The highest BCUT2D eigenvalue weighted by molar-refractivity contribution is 6.01. The van der Waals surface area contributed by atoms with E-state index >= 15 is 0 Å². The minimum absolute atomic E-state index is 0.100. The smallest absolute Gasteiger partial charge is 0.433 e. The third kappa shape index (κ3) is 5.73. The van der Waals surface area contributed by atoms with Crippen LogP contribution in [0, 0.1) is 36.0 Å². The first kappa shape index (κ1) is 27.8. The molecule has 0 radical (unpaired) electrons. The SMILES string of the molecule is C#CC1CCC(Cn2c(N3CCCC4CCCCC43)nc3nc(C(N)=NC(=O)O)nc(NC(C)C4CCC4)c32)CC1. The van der Waals surface area contributed by atoms with Gasteiger partial charge in [-0.3, -0.25) is 0 Å². The van der Waals surface area contributed by atoms with E-state index in [-0.39, 0.29) is 17.7 Å². The molecule has 3 aliphatic carbocycles. The Morgan fingerprint density at radius 2 is 1.83 bits per heavy atom. The lowest BCUT2D eigenvalue weighted by atomic mass is 9.78. The molecule has 3 saturated carbocycles. The summed E-state index contributed by atoms with van der Waals surface area (Å²) >= 11 is 0. The average Bonchev–Trinajstić information content (AvgIpc) is 3.30. The number of carbonyl (C=O) groups is 1. The number of amides is 1. The molecule has 3 unspecified atom stereocenters. The normalized spacial score (nSPS) is 28.0. The topological polar surface area (TPSA) is 135 Å². The van der Waals surface area contributed by atoms with Crippen molar-refractivity contribution in [1.82, 2.24) is 19.5 Å². The van der Waals surface area contributed by atoms with E-state index in [9.17, 15) is 9.90 Å². The Morgan fingerprint density at radius 1 is 1.07 bits per heavy atom. The van der Waals surface area contributed by atoms with E-state index in [4.69, 9.17) is 27.1 Å². The fourth-order valence-electron chi connectivity index (χ4n) is 7.70. The van der Waals surface area contributed by atoms with Crippen LogP contribution in [0.2, 0.25) is 0 Å². The van der Waals surface area contributed by atoms with Crippen molar-refractivity contribution in [2.45, 2.75) is 109 Å². The molecule has 1 aliphatic heterocycles. The number of terminal acetylenes is 1. The van der Waals surface area contributed by atoms with Gasteiger partial charge in [-0.1, -0.05) is 19.3 Å². The van der Waals surface area contributed by atoms with Crippen molar-refractivity contribution in [3.05, 3.63) is 5.82 Å². The highest BCUT2D eigenvalue weighted by Crippen LogP contribution is 2.41. The Hall–Kier alpha value is -3.35. The molecule has 0 spiro atoms. The molecule has 1 amide bonds. The second-order valence-corrected chi connectivity index (χ2v) is 12.8. The van der Waals surface area contributed by atoms with Crippen LogP contribution in [0.5, 0.6) is 0 Å². The molecule has 1 saturated heterocycles. The van der Waals surface area contributed by atoms with Crippen molar-refractivity contribution in [3.63, 3.8) is 0 Å². The largest absolute Gasteiger partial charge is 0.463 e. The lowest BCUT2D eigenvalue weighted by molar-refractivity contribution is 0.205. The number of nitrogens with zero attached hydrogens (tertiary/aromatic N) is 6. The molecule has 10 nitrogen and oxygen atoms in total. The van der Waals surface area contributed by atoms with E-state index in [1.807, 2.05) is 0 Å². The number of imidazole rings is 1. The first-order valence-corrected chi connectivity index (χ1v) is 15.8. The summed E-state index contributed by atoms with van der Waals surface area (Å²) < 4.78 is 2.37. The summed E-state index contributed by atoms with van der Waals surface area (Å²) in [6.07, 6.45) is 19.8. The number of nitrogens with two attached hydrogens (primary N) is 1. The molecule has 4 fully saturated rings. The predicted molar refractivity (Wildman–Crippen MR) is 161 cm³/mol. The maximum Gasteiger partial charge on any atom is 0.433 e. The van der Waals surface area contributed by atoms with Crippen LogP contribution < -0.4 is 16.0 Å². The summed E-state index contributed by atoms with van der Waals surface area (Å²) in [5, 5.41) is 12.9. The van der Waals surface area contributed by atoms with Gasteiger partial charge in [-0.2, -0.15) is 9.98 Å². The number of aliphatic imine (C=N–C) groups is 1. The number of hydrogen-bond acceptors (Lipinski definition) is 6. The van der Waals surface area contributed by atoms with Crippen molar-refractivity contribution in [2.24, 2.45) is 34.4 Å². The Labute approximate surface area is 242 Å². The maximum atomic E-state index is 11.3. The van der Waals surface area contributed by atoms with Crippen LogP contribution in [-0.2, 0) is 6.54 Å². The van der Waals surface area contributed by atoms with E-state index in [1.165, 1.54) is 51.4 Å². The van der Waals surface area contributed by atoms with Crippen LogP contribution in [0.25, 0.3) is 11.2 Å². The minimum Gasteiger partial charge on any atom is -0.463 e. The first-order chi connectivity index (χ1) is 19.9. The van der Waals surface area contributed by atoms with Crippen molar-refractivity contribution < 1.29 is 9.90 Å². The lowest BCUT2D eigenvalue weighted by Gasteiger charge is -2.45. The number of carboxylic acid groups (broad SMARTS) is 1. The number of hydrogen-bond donors (Lipinski definition) is 3. The van der Waals surface area contributed by atoms with Gasteiger partial charge in [0.25, 0.3) is 0 Å². The summed E-state index contributed by atoms with van der Waals surface area (Å²) in [6.45, 7) is 4.02. The highest BCUT2D eigenvalue weighted by Gasteiger charge is 2.37. The number of nitrogens with one attached hydrogen (secondary N) is 1. The number of amidine groups is 1. The Bertz CT molecular complexity index is 1330. The van der Waals surface area contributed by atoms with Gasteiger partial charge in [0, 0.05) is 31.1 Å². The molecule has 0 aromatic carbocycles. The van der Waals surface area contributed by atoms with Crippen LogP contribution in [0.15, 0.2) is 4.99 Å². The minimum atomic E-state index is -1.37. The van der Waals surface area contributed by atoms with Crippen molar-refractivity contribution >= 4 is 34.9 Å². The summed E-state index contributed by atoms with van der Waals surface area (Å²) in [5.74, 6) is 6.64. The van der Waals surface area contributed by atoms with E-state index in [0.29, 0.717) is 41.2 Å². The summed E-state index contributed by atoms with van der Waals surface area (Å²) in [6, 6.07) is 0.699. The van der Waals surface area contributed by atoms with Gasteiger partial charge in [0.2, 0.25) is 5.95 Å². The van der Waals surface area contributed by atoms with Crippen molar-refractivity contribution in [3.8, 4) is 12.3 Å². The highest BCUT2D eigenvalue weighted by atomic mass is 16.4. The monoisotopic (exact) mass is 560 g/mol. The van der Waals surface area contributed by atoms with Crippen LogP contribution in [0.4, 0.5) is 16.6 Å². The van der Waals surface area contributed by atoms with E-state index in [1.54, 1.807) is 0 Å². The van der Waals surface area contributed by atoms with Gasteiger partial charge in [0.1, 0.15) is 5.52 Å². The molecular weight excluding hydrogens is 516 g/mol. The third-order valence-electron chi connectivity index (χ3n) is 10.3. The molecule has 4 N–H and O–H groups in total. The number of rotatable bonds is 7. The van der Waals surface area contributed by atoms with Gasteiger partial charge >= 0.3 is 6.09 Å². The summed E-state index contributed by atoms with van der Waals surface area (Å²) in [4.78, 5) is 32.1. The van der Waals surface area contributed by atoms with E-state index in [0.717, 1.165) is 56.7 Å². The summed E-state index contributed by atoms with van der Waals surface area (Å²) in [7, 11) is 0. The van der Waals surface area contributed by atoms with Crippen LogP contribution in [-0.4, -0.2) is 55.2 Å². The van der Waals surface area contributed by atoms with Crippen molar-refractivity contribution in [1.29, 1.82) is 0 Å². The number of fused-ring (bicyclic) bond motifs is 2. The van der Waals surface area contributed by atoms with Gasteiger partial charge in [-0.15, -0.1) is 12.3 Å². The molecule has 3 atom stereocenters. The zero-order valence-electron chi connectivity index (χ0n) is 24.3. The maximum absolute atomic E-state index is 11.3. The van der Waals surface area contributed by atoms with Gasteiger partial charge in [-0.05, 0) is 88.9 Å². The molecular formula is C31H44N8O2. The van der Waals surface area contributed by atoms with Crippen molar-refractivity contribution in [2.75, 3.05) is 16.8 Å². The van der Waals surface area contributed by atoms with Crippen LogP contribution in [0.3, 0.4) is 0 Å². The fraction of sp³-hybridized carbons (Fsp3) is 0.710. The Balaban J connectivity index is 1.46. The van der Waals surface area contributed by atoms with Gasteiger partial charge in [0.15, 0.2) is 23.1 Å². The zero-order valence-corrected chi connectivity index (χ0v) is 24.3. The molecule has 2 aromatic heterocycles. The second-order valence-electron chi connectivity index (χ2n) is 12.8. The van der Waals surface area contributed by atoms with E-state index in [2.05, 4.69) is 32.6 Å². The number of anilines is 2. The number of piperidine rings is 1. The zero-order chi connectivity index (χ0) is 28.5. The molecule has 3 heterocycles. The Morgan fingerprint density at radius 3 is 2.54 bits per heavy atom. The summed E-state index contributed by atoms with van der Waals surface area (Å²) in [5.41, 5.74) is 7.52. The quantitative estimate of drug-likeness (QED) is 0.232. The van der Waals surface area contributed by atoms with Gasteiger partial charge in [-0.25, -0.2) is 14.8 Å². The molecule has 6 rings (SSSR count). The fourth-order valence-corrected chi connectivity index (χ4v) is 7.70. The lowest BCUT2D eigenvalue weighted by Crippen LogP contribution is -2.48. The molecule has 4 aliphatic rings. The first-order valence-electron chi connectivity index (χ1n) is 15.8. The Kier molecular flexibility index (Phi) is 8.05. The standard InChI is InChI=1S/C31H44N8O2/c1-3-20-13-15-21(16-14-20)18-39-25-27(33-19(2)22-9-6-10-22)35-29(26(32)34-31(40)41)36-28(25)37-30(39)38-17-7-11-23-8-4-5-12-24(23)38/h1,19-24H,4-18H2,2H3,(H2,32,34)(H,40,41)(H,33,35,36). The van der Waals surface area contributed by atoms with Gasteiger partial charge in [0.05, 0.1) is 0 Å². The van der Waals surface area contributed by atoms with Crippen LogP contribution >= 0.6 is 0 Å². The average molecular weight is 561 g/mol. The van der Waals surface area contributed by atoms with E-state index < -0.39 is 6.09 Å². The van der Waals surface area contributed by atoms with Gasteiger partial charge < -0.3 is 25.6 Å². The molecule has 0 bridgehead atoms. The second kappa shape index (κ2) is 11.9. The molecule has 10 heteroatoms. The molecule has 41 heavy (non-hydrogen) atoms.